The maximum Gasteiger partial charge on any atom is 0.276 e. The average Bonchev–Trinajstić information content (AvgIpc) is 2.87. The van der Waals surface area contributed by atoms with Crippen LogP contribution in [0.1, 0.15) is 16.1 Å². The summed E-state index contributed by atoms with van der Waals surface area (Å²) >= 11 is 0. The topological polar surface area (TPSA) is 64.0 Å². The molecule has 0 aliphatic heterocycles. The van der Waals surface area contributed by atoms with Crippen molar-refractivity contribution in [3.8, 4) is 11.1 Å². The maximum absolute atomic E-state index is 13.2. The zero-order chi connectivity index (χ0) is 22.6. The molecule has 1 amide bonds. The van der Waals surface area contributed by atoms with Crippen molar-refractivity contribution in [1.29, 1.82) is 0 Å². The minimum absolute atomic E-state index is 0.216. The number of carbonyl (C=O) groups is 1. The van der Waals surface area contributed by atoms with E-state index in [0.717, 1.165) is 16.7 Å². The van der Waals surface area contributed by atoms with Gasteiger partial charge < -0.3 is 5.32 Å². The summed E-state index contributed by atoms with van der Waals surface area (Å²) in [5, 5.41) is 8.37. The average molecular weight is 431 g/mol. The molecule has 0 aliphatic carbocycles. The van der Waals surface area contributed by atoms with Gasteiger partial charge in [-0.1, -0.05) is 91.0 Å². The third-order valence-electron chi connectivity index (χ3n) is 5.51. The molecule has 33 heavy (non-hydrogen) atoms. The van der Waals surface area contributed by atoms with Crippen LogP contribution in [0.15, 0.2) is 114 Å². The number of amides is 1. The number of nitrogens with one attached hydrogen (secondary N) is 1. The summed E-state index contributed by atoms with van der Waals surface area (Å²) in [5.74, 6) is -0.361. The predicted octanol–water partition coefficient (Wildman–Crippen LogP) is 5.36. The lowest BCUT2D eigenvalue weighted by Crippen LogP contribution is -2.28. The van der Waals surface area contributed by atoms with Crippen molar-refractivity contribution in [1.82, 2.24) is 9.78 Å². The van der Waals surface area contributed by atoms with E-state index < -0.39 is 0 Å². The molecule has 5 aromatic rings. The lowest BCUT2D eigenvalue weighted by Gasteiger charge is -2.12. The van der Waals surface area contributed by atoms with Crippen LogP contribution < -0.4 is 10.9 Å². The van der Waals surface area contributed by atoms with Crippen LogP contribution in [-0.4, -0.2) is 15.7 Å². The number of hydrogen-bond donors (Lipinski definition) is 1. The Morgan fingerprint density at radius 2 is 1.27 bits per heavy atom. The van der Waals surface area contributed by atoms with Crippen molar-refractivity contribution in [2.75, 3.05) is 5.32 Å². The Bertz CT molecular complexity index is 1480. The summed E-state index contributed by atoms with van der Waals surface area (Å²) in [6.45, 7) is 0.288. The third-order valence-corrected chi connectivity index (χ3v) is 5.51. The van der Waals surface area contributed by atoms with Crippen LogP contribution in [-0.2, 0) is 6.54 Å². The molecule has 5 nitrogen and oxygen atoms in total. The minimum Gasteiger partial charge on any atom is -0.321 e. The van der Waals surface area contributed by atoms with Crippen LogP contribution in [0.2, 0.25) is 0 Å². The molecule has 0 fully saturated rings. The third kappa shape index (κ3) is 4.29. The summed E-state index contributed by atoms with van der Waals surface area (Å²) in [6.07, 6.45) is 0. The van der Waals surface area contributed by atoms with Crippen molar-refractivity contribution in [3.63, 3.8) is 0 Å². The van der Waals surface area contributed by atoms with Gasteiger partial charge in [0.15, 0.2) is 5.69 Å². The smallest absolute Gasteiger partial charge is 0.276 e. The summed E-state index contributed by atoms with van der Waals surface area (Å²) in [7, 11) is 0. The summed E-state index contributed by atoms with van der Waals surface area (Å²) in [4.78, 5) is 26.2. The molecule has 0 spiro atoms. The molecule has 4 aromatic carbocycles. The fourth-order valence-corrected chi connectivity index (χ4v) is 3.83. The molecule has 0 bridgehead atoms. The quantitative estimate of drug-likeness (QED) is 0.407. The first kappa shape index (κ1) is 20.4. The lowest BCUT2D eigenvalue weighted by atomic mass is 10.1. The van der Waals surface area contributed by atoms with E-state index in [-0.39, 0.29) is 23.7 Å². The van der Waals surface area contributed by atoms with Gasteiger partial charge in [0, 0.05) is 11.1 Å². The van der Waals surface area contributed by atoms with Gasteiger partial charge in [-0.2, -0.15) is 5.10 Å². The zero-order valence-electron chi connectivity index (χ0n) is 17.8. The molecule has 5 rings (SSSR count). The van der Waals surface area contributed by atoms with Crippen LogP contribution in [0.25, 0.3) is 21.9 Å². The molecule has 0 saturated carbocycles. The Labute approximate surface area is 191 Å². The number of nitrogens with zero attached hydrogens (tertiary/aromatic N) is 2. The molecule has 160 valence electrons. The van der Waals surface area contributed by atoms with Gasteiger partial charge in [-0.15, -0.1) is 0 Å². The molecular weight excluding hydrogens is 410 g/mol. The number of benzene rings is 4. The van der Waals surface area contributed by atoms with Gasteiger partial charge in [-0.25, -0.2) is 4.68 Å². The summed E-state index contributed by atoms with van der Waals surface area (Å²) < 4.78 is 1.35. The van der Waals surface area contributed by atoms with E-state index in [4.69, 9.17) is 0 Å². The number of fused-ring (bicyclic) bond motifs is 1. The highest BCUT2D eigenvalue weighted by molar-refractivity contribution is 6.11. The van der Waals surface area contributed by atoms with Crippen LogP contribution in [0, 0.1) is 0 Å². The van der Waals surface area contributed by atoms with Crippen molar-refractivity contribution in [3.05, 3.63) is 131 Å². The van der Waals surface area contributed by atoms with Gasteiger partial charge in [0.2, 0.25) is 0 Å². The summed E-state index contributed by atoms with van der Waals surface area (Å²) in [6, 6.07) is 34.4. The van der Waals surface area contributed by atoms with Crippen LogP contribution >= 0.6 is 0 Å². The molecule has 0 unspecified atom stereocenters. The van der Waals surface area contributed by atoms with Gasteiger partial charge in [0.05, 0.1) is 11.9 Å². The highest BCUT2D eigenvalue weighted by Gasteiger charge is 2.17. The Kier molecular flexibility index (Phi) is 5.52. The minimum atomic E-state index is -0.361. The van der Waals surface area contributed by atoms with E-state index in [1.165, 1.54) is 4.68 Å². The molecule has 0 aliphatic rings. The number of aromatic nitrogens is 2. The zero-order valence-corrected chi connectivity index (χ0v) is 17.8. The molecule has 1 heterocycles. The van der Waals surface area contributed by atoms with Crippen LogP contribution in [0.4, 0.5) is 5.69 Å². The highest BCUT2D eigenvalue weighted by atomic mass is 16.2. The first-order chi connectivity index (χ1) is 16.2. The second-order valence-corrected chi connectivity index (χ2v) is 7.74. The highest BCUT2D eigenvalue weighted by Crippen LogP contribution is 2.22. The van der Waals surface area contributed by atoms with Crippen molar-refractivity contribution in [2.24, 2.45) is 0 Å². The van der Waals surface area contributed by atoms with Crippen molar-refractivity contribution in [2.45, 2.75) is 6.54 Å². The molecule has 0 atom stereocenters. The predicted molar refractivity (Wildman–Crippen MR) is 131 cm³/mol. The molecule has 1 aromatic heterocycles. The molecular formula is C28H21N3O2. The molecule has 5 heteroatoms. The summed E-state index contributed by atoms with van der Waals surface area (Å²) in [5.41, 5.74) is 3.76. The van der Waals surface area contributed by atoms with Gasteiger partial charge in [-0.05, 0) is 34.9 Å². The monoisotopic (exact) mass is 431 g/mol. The normalized spacial score (nSPS) is 10.8. The Hall–Kier alpha value is -4.51. The maximum atomic E-state index is 13.2. The molecule has 0 saturated heterocycles. The van der Waals surface area contributed by atoms with E-state index >= 15 is 0 Å². The van der Waals surface area contributed by atoms with Gasteiger partial charge in [0.25, 0.3) is 11.5 Å². The Morgan fingerprint density at radius 3 is 1.97 bits per heavy atom. The van der Waals surface area contributed by atoms with Crippen molar-refractivity contribution >= 4 is 22.4 Å². The van der Waals surface area contributed by atoms with Crippen molar-refractivity contribution < 1.29 is 4.79 Å². The van der Waals surface area contributed by atoms with Gasteiger partial charge in [0.1, 0.15) is 0 Å². The first-order valence-corrected chi connectivity index (χ1v) is 10.7. The fraction of sp³-hybridized carbons (Fsp3) is 0.0357. The fourth-order valence-electron chi connectivity index (χ4n) is 3.83. The number of hydrogen-bond acceptors (Lipinski definition) is 3. The number of rotatable bonds is 5. The van der Waals surface area contributed by atoms with E-state index in [1.807, 2.05) is 84.9 Å². The van der Waals surface area contributed by atoms with Crippen LogP contribution in [0.3, 0.4) is 0 Å². The number of anilines is 1. The van der Waals surface area contributed by atoms with Gasteiger partial charge >= 0.3 is 0 Å². The number of carbonyl (C=O) groups excluding carboxylic acids is 1. The molecule has 1 N–H and O–H groups in total. The van der Waals surface area contributed by atoms with E-state index in [2.05, 4.69) is 10.4 Å². The lowest BCUT2D eigenvalue weighted by molar-refractivity contribution is 0.102. The molecule has 0 radical (unpaired) electrons. The second kappa shape index (κ2) is 8.93. The van der Waals surface area contributed by atoms with E-state index in [0.29, 0.717) is 16.5 Å². The first-order valence-electron chi connectivity index (χ1n) is 10.7. The van der Waals surface area contributed by atoms with Crippen LogP contribution in [0.5, 0.6) is 0 Å². The van der Waals surface area contributed by atoms with Gasteiger partial charge in [-0.3, -0.25) is 9.59 Å². The van der Waals surface area contributed by atoms with E-state index in [1.54, 1.807) is 24.3 Å². The largest absolute Gasteiger partial charge is 0.321 e. The standard InChI is InChI=1S/C28H21N3O2/c32-27(29-23-17-15-22(16-18-23)21-11-5-2-6-12-21)26-24-13-7-8-14-25(24)28(33)31(30-26)19-20-9-3-1-4-10-20/h1-18H,19H2,(H,29,32). The Morgan fingerprint density at radius 1 is 0.697 bits per heavy atom. The second-order valence-electron chi connectivity index (χ2n) is 7.74. The SMILES string of the molecule is O=C(Nc1ccc(-c2ccccc2)cc1)c1nn(Cc2ccccc2)c(=O)c2ccccc12. The van der Waals surface area contributed by atoms with E-state index in [9.17, 15) is 9.59 Å². The Balaban J connectivity index is 1.48.